The first-order valence-corrected chi connectivity index (χ1v) is 7.32. The van der Waals surface area contributed by atoms with Gasteiger partial charge in [0.1, 0.15) is 12.5 Å². The first kappa shape index (κ1) is 17.6. The fraction of sp³-hybridized carbons (Fsp3) is 0.429. The van der Waals surface area contributed by atoms with Crippen LogP contribution in [0.5, 0.6) is 0 Å². The van der Waals surface area contributed by atoms with Crippen molar-refractivity contribution in [2.45, 2.75) is 19.2 Å². The maximum Gasteiger partial charge on any atom is 0.416 e. The first-order valence-electron chi connectivity index (χ1n) is 6.50. The second-order valence-corrected chi connectivity index (χ2v) is 4.94. The van der Waals surface area contributed by atoms with Gasteiger partial charge >= 0.3 is 6.09 Å². The molecule has 0 spiro atoms. The summed E-state index contributed by atoms with van der Waals surface area (Å²) in [7, 11) is 1.36. The topological polar surface area (TPSA) is 51.1 Å². The number of benzene rings is 1. The van der Waals surface area contributed by atoms with E-state index in [0.29, 0.717) is 23.7 Å². The average molecular weight is 333 g/mol. The minimum atomic E-state index is -0.748. The molecule has 1 aromatic rings. The maximum absolute atomic E-state index is 12.0. The number of rotatable bonds is 5. The number of carbonyl (C=O) groups is 1. The van der Waals surface area contributed by atoms with Crippen molar-refractivity contribution in [1.29, 1.82) is 0 Å². The van der Waals surface area contributed by atoms with Crippen molar-refractivity contribution < 1.29 is 14.4 Å². The lowest BCUT2D eigenvalue weighted by Crippen LogP contribution is -2.33. The number of oxime groups is 1. The van der Waals surface area contributed by atoms with Crippen LogP contribution in [0.2, 0.25) is 5.02 Å². The molecule has 0 radical (unpaired) electrons. The summed E-state index contributed by atoms with van der Waals surface area (Å²) in [5, 5.41) is 3.54. The number of halogens is 2. The Morgan fingerprint density at radius 2 is 1.86 bits per heavy atom. The van der Waals surface area contributed by atoms with Crippen LogP contribution in [0.3, 0.4) is 0 Å². The SMILES string of the molecule is CCN(CC)C(=O)OC(=NOC)C(Cl)c1ccc(Cl)cc1. The highest BCUT2D eigenvalue weighted by Crippen LogP contribution is 2.25. The lowest BCUT2D eigenvalue weighted by Gasteiger charge is -2.19. The second kappa shape index (κ2) is 8.74. The predicted molar refractivity (Wildman–Crippen MR) is 83.9 cm³/mol. The Hall–Kier alpha value is -1.46. The fourth-order valence-corrected chi connectivity index (χ4v) is 1.97. The second-order valence-electron chi connectivity index (χ2n) is 4.07. The van der Waals surface area contributed by atoms with Crippen LogP contribution >= 0.6 is 23.2 Å². The summed E-state index contributed by atoms with van der Waals surface area (Å²) in [6.07, 6.45) is -0.518. The molecule has 1 unspecified atom stereocenters. The molecule has 1 aromatic carbocycles. The van der Waals surface area contributed by atoms with Crippen LogP contribution in [-0.2, 0) is 9.57 Å². The van der Waals surface area contributed by atoms with Gasteiger partial charge in [0.2, 0.25) is 0 Å². The molecular formula is C14H18Cl2N2O3. The largest absolute Gasteiger partial charge is 0.416 e. The van der Waals surface area contributed by atoms with Gasteiger partial charge in [-0.05, 0) is 36.7 Å². The lowest BCUT2D eigenvalue weighted by molar-refractivity contribution is 0.144. The smallest absolute Gasteiger partial charge is 0.396 e. The highest BCUT2D eigenvalue weighted by Gasteiger charge is 2.23. The van der Waals surface area contributed by atoms with Crippen molar-refractivity contribution in [3.05, 3.63) is 34.9 Å². The van der Waals surface area contributed by atoms with E-state index in [1.807, 2.05) is 13.8 Å². The van der Waals surface area contributed by atoms with Crippen LogP contribution < -0.4 is 0 Å². The molecule has 0 bridgehead atoms. The van der Waals surface area contributed by atoms with Crippen LogP contribution in [-0.4, -0.2) is 37.1 Å². The molecule has 7 heteroatoms. The summed E-state index contributed by atoms with van der Waals surface area (Å²) >= 11 is 12.1. The summed E-state index contributed by atoms with van der Waals surface area (Å²) in [6.45, 7) is 4.78. The Bertz CT molecular complexity index is 487. The van der Waals surface area contributed by atoms with Crippen molar-refractivity contribution in [2.24, 2.45) is 5.16 Å². The van der Waals surface area contributed by atoms with E-state index in [2.05, 4.69) is 5.16 Å². The molecule has 5 nitrogen and oxygen atoms in total. The van der Waals surface area contributed by atoms with Crippen LogP contribution in [0.4, 0.5) is 4.79 Å². The highest BCUT2D eigenvalue weighted by atomic mass is 35.5. The van der Waals surface area contributed by atoms with Crippen LogP contribution in [0.15, 0.2) is 29.4 Å². The van der Waals surface area contributed by atoms with E-state index in [1.165, 1.54) is 12.0 Å². The summed E-state index contributed by atoms with van der Waals surface area (Å²) in [6, 6.07) is 6.86. The Morgan fingerprint density at radius 3 is 2.33 bits per heavy atom. The van der Waals surface area contributed by atoms with E-state index in [1.54, 1.807) is 24.3 Å². The Morgan fingerprint density at radius 1 is 1.29 bits per heavy atom. The third-order valence-electron chi connectivity index (χ3n) is 2.77. The standard InChI is InChI=1S/C14H18Cl2N2O3/c1-4-18(5-2)14(19)21-13(17-20-3)12(16)10-6-8-11(15)9-7-10/h6-9,12H,4-5H2,1-3H3. The summed E-state index contributed by atoms with van der Waals surface area (Å²) in [5.41, 5.74) is 0.698. The molecule has 21 heavy (non-hydrogen) atoms. The van der Waals surface area contributed by atoms with Gasteiger partial charge in [0.25, 0.3) is 5.90 Å². The van der Waals surface area contributed by atoms with E-state index in [4.69, 9.17) is 32.8 Å². The lowest BCUT2D eigenvalue weighted by atomic mass is 10.1. The molecule has 0 fully saturated rings. The summed E-state index contributed by atoms with van der Waals surface area (Å²) in [5.74, 6) is -0.0154. The third-order valence-corrected chi connectivity index (χ3v) is 3.46. The summed E-state index contributed by atoms with van der Waals surface area (Å²) in [4.78, 5) is 18.2. The fourth-order valence-electron chi connectivity index (χ4n) is 1.62. The predicted octanol–water partition coefficient (Wildman–Crippen LogP) is 4.06. The number of hydrogen-bond acceptors (Lipinski definition) is 4. The molecule has 0 aliphatic carbocycles. The normalized spacial score (nSPS) is 12.7. The van der Waals surface area contributed by atoms with E-state index >= 15 is 0 Å². The Balaban J connectivity index is 2.89. The van der Waals surface area contributed by atoms with Gasteiger partial charge in [-0.15, -0.1) is 11.6 Å². The van der Waals surface area contributed by atoms with Gasteiger partial charge in [0.15, 0.2) is 0 Å². The van der Waals surface area contributed by atoms with Crippen molar-refractivity contribution in [3.63, 3.8) is 0 Å². The monoisotopic (exact) mass is 332 g/mol. The minimum absolute atomic E-state index is 0.0154. The van der Waals surface area contributed by atoms with Gasteiger partial charge in [0.05, 0.1) is 0 Å². The van der Waals surface area contributed by atoms with Crippen molar-refractivity contribution in [1.82, 2.24) is 4.90 Å². The van der Waals surface area contributed by atoms with Gasteiger partial charge in [-0.1, -0.05) is 23.7 Å². The Kier molecular flexibility index (Phi) is 7.32. The number of nitrogens with zero attached hydrogens (tertiary/aromatic N) is 2. The third kappa shape index (κ3) is 5.10. The van der Waals surface area contributed by atoms with E-state index in [0.717, 1.165) is 0 Å². The molecule has 1 amide bonds. The van der Waals surface area contributed by atoms with Crippen LogP contribution in [0, 0.1) is 0 Å². The molecule has 1 rings (SSSR count). The number of carbonyl (C=O) groups excluding carboxylic acids is 1. The highest BCUT2D eigenvalue weighted by molar-refractivity contribution is 6.32. The molecule has 0 N–H and O–H groups in total. The molecule has 0 saturated heterocycles. The molecule has 0 saturated carbocycles. The van der Waals surface area contributed by atoms with E-state index in [-0.39, 0.29) is 5.90 Å². The van der Waals surface area contributed by atoms with Gasteiger partial charge in [-0.3, -0.25) is 0 Å². The zero-order valence-corrected chi connectivity index (χ0v) is 13.7. The summed E-state index contributed by atoms with van der Waals surface area (Å²) < 4.78 is 5.23. The van der Waals surface area contributed by atoms with Gasteiger partial charge in [0, 0.05) is 18.1 Å². The van der Waals surface area contributed by atoms with Gasteiger partial charge in [-0.2, -0.15) is 0 Å². The van der Waals surface area contributed by atoms with Crippen molar-refractivity contribution >= 4 is 35.2 Å². The molecule has 0 heterocycles. The van der Waals surface area contributed by atoms with E-state index < -0.39 is 11.5 Å². The number of ether oxygens (including phenoxy) is 1. The zero-order chi connectivity index (χ0) is 15.8. The molecular weight excluding hydrogens is 315 g/mol. The van der Waals surface area contributed by atoms with Gasteiger partial charge < -0.3 is 14.5 Å². The van der Waals surface area contributed by atoms with Crippen LogP contribution in [0.1, 0.15) is 24.8 Å². The first-order chi connectivity index (χ1) is 10.0. The zero-order valence-electron chi connectivity index (χ0n) is 12.2. The molecule has 0 aromatic heterocycles. The molecule has 1 atom stereocenters. The maximum atomic E-state index is 12.0. The average Bonchev–Trinajstić information content (AvgIpc) is 2.48. The van der Waals surface area contributed by atoms with Crippen LogP contribution in [0.25, 0.3) is 0 Å². The minimum Gasteiger partial charge on any atom is -0.396 e. The Labute approximate surface area is 134 Å². The van der Waals surface area contributed by atoms with Crippen molar-refractivity contribution in [2.75, 3.05) is 20.2 Å². The molecule has 0 aliphatic heterocycles. The number of hydrogen-bond donors (Lipinski definition) is 0. The van der Waals surface area contributed by atoms with E-state index in [9.17, 15) is 4.79 Å². The molecule has 116 valence electrons. The number of alkyl halides is 1. The quantitative estimate of drug-likeness (QED) is 0.353. The molecule has 0 aliphatic rings. The van der Waals surface area contributed by atoms with Crippen molar-refractivity contribution in [3.8, 4) is 0 Å². The number of amides is 1. The van der Waals surface area contributed by atoms with Gasteiger partial charge in [-0.25, -0.2) is 4.79 Å².